The van der Waals surface area contributed by atoms with Crippen LogP contribution in [-0.4, -0.2) is 30.4 Å². The molecule has 0 spiro atoms. The molecule has 102 valence electrons. The molecule has 0 amide bonds. The maximum absolute atomic E-state index is 5.63. The van der Waals surface area contributed by atoms with E-state index in [0.717, 1.165) is 5.56 Å². The Labute approximate surface area is 119 Å². The normalized spacial score (nSPS) is 10.9. The van der Waals surface area contributed by atoms with Crippen LogP contribution in [0.2, 0.25) is 0 Å². The van der Waals surface area contributed by atoms with E-state index in [1.165, 1.54) is 17.3 Å². The van der Waals surface area contributed by atoms with Crippen LogP contribution in [-0.2, 0) is 12.8 Å². The Bertz CT molecular complexity index is 705. The van der Waals surface area contributed by atoms with Crippen molar-refractivity contribution < 1.29 is 4.42 Å². The molecule has 0 saturated carbocycles. The van der Waals surface area contributed by atoms with Gasteiger partial charge in [-0.05, 0) is 29.5 Å². The monoisotopic (exact) mass is 288 g/mol. The molecule has 3 aromatic rings. The second kappa shape index (κ2) is 5.41. The lowest BCUT2D eigenvalue weighted by Crippen LogP contribution is -1.93. The van der Waals surface area contributed by atoms with Crippen LogP contribution in [0.15, 0.2) is 33.8 Å². The summed E-state index contributed by atoms with van der Waals surface area (Å²) in [4.78, 5) is 0. The lowest BCUT2D eigenvalue weighted by atomic mass is 10.1. The number of hydrogen-bond acceptors (Lipinski definition) is 7. The molecule has 0 unspecified atom stereocenters. The van der Waals surface area contributed by atoms with Crippen molar-refractivity contribution in [1.82, 2.24) is 30.4 Å². The van der Waals surface area contributed by atoms with Gasteiger partial charge >= 0.3 is 0 Å². The highest BCUT2D eigenvalue weighted by molar-refractivity contribution is 7.98. The number of aryl methyl sites for hydroxylation is 2. The van der Waals surface area contributed by atoms with E-state index in [1.807, 2.05) is 31.2 Å². The van der Waals surface area contributed by atoms with Crippen molar-refractivity contribution in [1.29, 1.82) is 0 Å². The molecule has 8 heteroatoms. The fraction of sp³-hybridized carbons (Fsp3) is 0.250. The number of benzene rings is 1. The lowest BCUT2D eigenvalue weighted by Gasteiger charge is -1.96. The van der Waals surface area contributed by atoms with Gasteiger partial charge in [0.25, 0.3) is 0 Å². The van der Waals surface area contributed by atoms with Gasteiger partial charge in [0, 0.05) is 12.6 Å². The summed E-state index contributed by atoms with van der Waals surface area (Å²) in [5, 5.41) is 20.0. The summed E-state index contributed by atoms with van der Waals surface area (Å²) in [5.74, 6) is 1.61. The Morgan fingerprint density at radius 2 is 1.95 bits per heavy atom. The van der Waals surface area contributed by atoms with E-state index >= 15 is 0 Å². The summed E-state index contributed by atoms with van der Waals surface area (Å²) in [6, 6.07) is 7.96. The number of tetrazole rings is 1. The highest BCUT2D eigenvalue weighted by Crippen LogP contribution is 2.22. The van der Waals surface area contributed by atoms with Crippen LogP contribution >= 0.6 is 11.8 Å². The third-order valence-electron chi connectivity index (χ3n) is 2.67. The number of nitrogens with zero attached hydrogens (tertiary/aromatic N) is 6. The van der Waals surface area contributed by atoms with E-state index in [9.17, 15) is 0 Å². The quantitative estimate of drug-likeness (QED) is 0.677. The summed E-state index contributed by atoms with van der Waals surface area (Å²) in [6.07, 6.45) is 0. The zero-order valence-corrected chi connectivity index (χ0v) is 11.8. The Hall–Kier alpha value is -2.22. The predicted molar refractivity (Wildman–Crippen MR) is 72.8 cm³/mol. The van der Waals surface area contributed by atoms with Crippen molar-refractivity contribution in [2.75, 3.05) is 0 Å². The van der Waals surface area contributed by atoms with Gasteiger partial charge in [0.15, 0.2) is 0 Å². The van der Waals surface area contributed by atoms with Gasteiger partial charge in [-0.15, -0.1) is 15.3 Å². The van der Waals surface area contributed by atoms with Crippen LogP contribution in [0.5, 0.6) is 0 Å². The third-order valence-corrected chi connectivity index (χ3v) is 3.67. The highest BCUT2D eigenvalue weighted by Gasteiger charge is 2.10. The van der Waals surface area contributed by atoms with Crippen LogP contribution in [0.3, 0.4) is 0 Å². The van der Waals surface area contributed by atoms with Crippen LogP contribution in [0, 0.1) is 6.92 Å². The first-order chi connectivity index (χ1) is 9.72. The van der Waals surface area contributed by atoms with Gasteiger partial charge in [0.05, 0.1) is 5.75 Å². The van der Waals surface area contributed by atoms with Crippen LogP contribution in [0.4, 0.5) is 0 Å². The van der Waals surface area contributed by atoms with Gasteiger partial charge in [-0.1, -0.05) is 29.5 Å². The van der Waals surface area contributed by atoms with E-state index in [4.69, 9.17) is 4.42 Å². The molecule has 0 atom stereocenters. The van der Waals surface area contributed by atoms with Crippen molar-refractivity contribution in [3.05, 3.63) is 35.7 Å². The van der Waals surface area contributed by atoms with Gasteiger partial charge in [-0.25, -0.2) is 4.68 Å². The zero-order chi connectivity index (χ0) is 13.9. The maximum Gasteiger partial charge on any atom is 0.247 e. The third kappa shape index (κ3) is 2.69. The topological polar surface area (TPSA) is 82.5 Å². The van der Waals surface area contributed by atoms with Crippen molar-refractivity contribution in [3.8, 4) is 11.5 Å². The molecule has 0 N–H and O–H groups in total. The summed E-state index contributed by atoms with van der Waals surface area (Å²) >= 11 is 1.45. The molecule has 2 aromatic heterocycles. The number of aromatic nitrogens is 6. The van der Waals surface area contributed by atoms with E-state index in [0.29, 0.717) is 22.7 Å². The summed E-state index contributed by atoms with van der Waals surface area (Å²) in [7, 11) is 1.79. The summed E-state index contributed by atoms with van der Waals surface area (Å²) < 4.78 is 7.23. The van der Waals surface area contributed by atoms with Crippen molar-refractivity contribution >= 4 is 11.8 Å². The SMILES string of the molecule is Cc1ccc(-c2nnc(CSc3nnnn3C)o2)cc1. The Balaban J connectivity index is 1.71. The minimum Gasteiger partial charge on any atom is -0.420 e. The molecule has 0 aliphatic heterocycles. The van der Waals surface area contributed by atoms with Gasteiger partial charge in [0.1, 0.15) is 0 Å². The molecule has 2 heterocycles. The van der Waals surface area contributed by atoms with Crippen molar-refractivity contribution in [2.24, 2.45) is 7.05 Å². The van der Waals surface area contributed by atoms with E-state index in [2.05, 4.69) is 25.7 Å². The van der Waals surface area contributed by atoms with Crippen molar-refractivity contribution in [2.45, 2.75) is 17.8 Å². The molecule has 0 radical (unpaired) electrons. The lowest BCUT2D eigenvalue weighted by molar-refractivity contribution is 0.528. The Morgan fingerprint density at radius 1 is 1.15 bits per heavy atom. The van der Waals surface area contributed by atoms with Crippen molar-refractivity contribution in [3.63, 3.8) is 0 Å². The average molecular weight is 288 g/mol. The molecular weight excluding hydrogens is 276 g/mol. The molecule has 7 nitrogen and oxygen atoms in total. The largest absolute Gasteiger partial charge is 0.420 e. The Kier molecular flexibility index (Phi) is 3.46. The van der Waals surface area contributed by atoms with Gasteiger partial charge in [-0.3, -0.25) is 0 Å². The standard InChI is InChI=1S/C12H12N6OS/c1-8-3-5-9(6-4-8)11-14-13-10(19-11)7-20-12-15-16-17-18(12)2/h3-6H,7H2,1-2H3. The van der Waals surface area contributed by atoms with Gasteiger partial charge in [0.2, 0.25) is 16.9 Å². The smallest absolute Gasteiger partial charge is 0.247 e. The zero-order valence-electron chi connectivity index (χ0n) is 11.0. The first kappa shape index (κ1) is 12.8. The second-order valence-electron chi connectivity index (χ2n) is 4.24. The molecular formula is C12H12N6OS. The van der Waals surface area contributed by atoms with E-state index < -0.39 is 0 Å². The minimum atomic E-state index is 0.525. The molecule has 20 heavy (non-hydrogen) atoms. The second-order valence-corrected chi connectivity index (χ2v) is 5.18. The van der Waals surface area contributed by atoms with E-state index in [-0.39, 0.29) is 0 Å². The first-order valence-electron chi connectivity index (χ1n) is 5.97. The van der Waals surface area contributed by atoms with Crippen LogP contribution < -0.4 is 0 Å². The number of hydrogen-bond donors (Lipinski definition) is 0. The summed E-state index contributed by atoms with van der Waals surface area (Å²) in [6.45, 7) is 2.04. The van der Waals surface area contributed by atoms with Gasteiger partial charge in [-0.2, -0.15) is 0 Å². The Morgan fingerprint density at radius 3 is 2.65 bits per heavy atom. The molecule has 0 fully saturated rings. The molecule has 3 rings (SSSR count). The number of thioether (sulfide) groups is 1. The molecule has 0 saturated heterocycles. The fourth-order valence-electron chi connectivity index (χ4n) is 1.59. The average Bonchev–Trinajstić information content (AvgIpc) is 3.06. The predicted octanol–water partition coefficient (Wildman–Crippen LogP) is 1.86. The highest BCUT2D eigenvalue weighted by atomic mass is 32.2. The molecule has 0 bridgehead atoms. The molecule has 1 aromatic carbocycles. The molecule has 0 aliphatic carbocycles. The summed E-state index contributed by atoms with van der Waals surface area (Å²) in [5.41, 5.74) is 2.11. The molecule has 0 aliphatic rings. The minimum absolute atomic E-state index is 0.525. The maximum atomic E-state index is 5.63. The van der Waals surface area contributed by atoms with Crippen LogP contribution in [0.25, 0.3) is 11.5 Å². The van der Waals surface area contributed by atoms with Gasteiger partial charge < -0.3 is 4.42 Å². The van der Waals surface area contributed by atoms with Crippen LogP contribution in [0.1, 0.15) is 11.5 Å². The number of rotatable bonds is 4. The fourth-order valence-corrected chi connectivity index (χ4v) is 2.28. The van der Waals surface area contributed by atoms with E-state index in [1.54, 1.807) is 11.7 Å². The first-order valence-corrected chi connectivity index (χ1v) is 6.95.